The third kappa shape index (κ3) is 3.93. The number of rotatable bonds is 4. The van der Waals surface area contributed by atoms with E-state index in [1.807, 2.05) is 0 Å². The van der Waals surface area contributed by atoms with Crippen molar-refractivity contribution >= 4 is 5.91 Å². The highest BCUT2D eigenvalue weighted by Gasteiger charge is 2.23. The molecular weight excluding hydrogens is 230 g/mol. The summed E-state index contributed by atoms with van der Waals surface area (Å²) in [6.07, 6.45) is 3.43. The van der Waals surface area contributed by atoms with Crippen LogP contribution in [0, 0.1) is 0 Å². The van der Waals surface area contributed by atoms with Crippen LogP contribution in [0.4, 0.5) is 0 Å². The summed E-state index contributed by atoms with van der Waals surface area (Å²) >= 11 is 0. The molecule has 0 aromatic heterocycles. The maximum atomic E-state index is 11.9. The standard InChI is InChI=1S/C13H25N3O2/c1-2-16-7-8-18-11(10-16)9-15-13(17)12-5-3-4-6-14-12/h11-12,14H,2-10H2,1H3,(H,15,17)/t11?,12-/m0/s1. The summed E-state index contributed by atoms with van der Waals surface area (Å²) in [5.41, 5.74) is 0. The number of hydrogen-bond acceptors (Lipinski definition) is 4. The number of hydrogen-bond donors (Lipinski definition) is 2. The molecule has 0 radical (unpaired) electrons. The molecule has 2 fully saturated rings. The quantitative estimate of drug-likeness (QED) is 0.740. The van der Waals surface area contributed by atoms with Crippen LogP contribution in [-0.4, -0.2) is 62.3 Å². The second-order valence-electron chi connectivity index (χ2n) is 5.13. The molecule has 2 rings (SSSR count). The molecular formula is C13H25N3O2. The van der Waals surface area contributed by atoms with Crippen molar-refractivity contribution in [1.82, 2.24) is 15.5 Å². The molecule has 2 saturated heterocycles. The van der Waals surface area contributed by atoms with Crippen LogP contribution in [0.3, 0.4) is 0 Å². The van der Waals surface area contributed by atoms with E-state index in [0.29, 0.717) is 6.54 Å². The zero-order valence-electron chi connectivity index (χ0n) is 11.3. The molecule has 0 saturated carbocycles. The minimum absolute atomic E-state index is 0.00428. The number of ether oxygens (including phenoxy) is 1. The number of nitrogens with one attached hydrogen (secondary N) is 2. The monoisotopic (exact) mass is 255 g/mol. The molecule has 0 bridgehead atoms. The van der Waals surface area contributed by atoms with Crippen LogP contribution in [0.1, 0.15) is 26.2 Å². The van der Waals surface area contributed by atoms with Gasteiger partial charge in [0.05, 0.1) is 18.8 Å². The van der Waals surface area contributed by atoms with Gasteiger partial charge in [0, 0.05) is 19.6 Å². The Bertz CT molecular complexity index is 267. The predicted molar refractivity (Wildman–Crippen MR) is 70.5 cm³/mol. The summed E-state index contributed by atoms with van der Waals surface area (Å²) in [5.74, 6) is 0.131. The van der Waals surface area contributed by atoms with Crippen LogP contribution in [0.25, 0.3) is 0 Å². The molecule has 18 heavy (non-hydrogen) atoms. The molecule has 5 nitrogen and oxygen atoms in total. The lowest BCUT2D eigenvalue weighted by molar-refractivity contribution is -0.124. The first-order valence-corrected chi connectivity index (χ1v) is 7.14. The lowest BCUT2D eigenvalue weighted by Gasteiger charge is -2.32. The number of morpholine rings is 1. The van der Waals surface area contributed by atoms with Gasteiger partial charge in [0.25, 0.3) is 0 Å². The number of piperidine rings is 1. The van der Waals surface area contributed by atoms with E-state index < -0.39 is 0 Å². The van der Waals surface area contributed by atoms with Crippen molar-refractivity contribution in [3.8, 4) is 0 Å². The van der Waals surface area contributed by atoms with Gasteiger partial charge < -0.3 is 15.4 Å². The molecule has 1 unspecified atom stereocenters. The fourth-order valence-electron chi connectivity index (χ4n) is 2.60. The van der Waals surface area contributed by atoms with Gasteiger partial charge >= 0.3 is 0 Å². The fourth-order valence-corrected chi connectivity index (χ4v) is 2.60. The third-order valence-corrected chi connectivity index (χ3v) is 3.80. The van der Waals surface area contributed by atoms with Crippen LogP contribution >= 0.6 is 0 Å². The number of nitrogens with zero attached hydrogens (tertiary/aromatic N) is 1. The van der Waals surface area contributed by atoms with E-state index in [-0.39, 0.29) is 18.1 Å². The van der Waals surface area contributed by atoms with Crippen LogP contribution in [0.5, 0.6) is 0 Å². The summed E-state index contributed by atoms with van der Waals surface area (Å²) in [6, 6.07) is 0.00428. The molecule has 104 valence electrons. The van der Waals surface area contributed by atoms with Crippen molar-refractivity contribution in [3.05, 3.63) is 0 Å². The number of amides is 1. The Balaban J connectivity index is 1.68. The van der Waals surface area contributed by atoms with Crippen molar-refractivity contribution in [1.29, 1.82) is 0 Å². The van der Waals surface area contributed by atoms with Gasteiger partial charge in [0.1, 0.15) is 0 Å². The number of carbonyl (C=O) groups excluding carboxylic acids is 1. The van der Waals surface area contributed by atoms with Crippen molar-refractivity contribution < 1.29 is 9.53 Å². The van der Waals surface area contributed by atoms with Gasteiger partial charge in [0.2, 0.25) is 5.91 Å². The SMILES string of the molecule is CCN1CCOC(CNC(=O)[C@@H]2CCCCN2)C1. The van der Waals surface area contributed by atoms with Crippen molar-refractivity contribution in [3.63, 3.8) is 0 Å². The topological polar surface area (TPSA) is 53.6 Å². The van der Waals surface area contributed by atoms with E-state index in [0.717, 1.165) is 45.6 Å². The van der Waals surface area contributed by atoms with E-state index in [9.17, 15) is 4.79 Å². The molecule has 2 aliphatic heterocycles. The molecule has 2 heterocycles. The van der Waals surface area contributed by atoms with Gasteiger partial charge in [-0.05, 0) is 25.9 Å². The Morgan fingerprint density at radius 1 is 1.50 bits per heavy atom. The molecule has 0 aliphatic carbocycles. The second-order valence-corrected chi connectivity index (χ2v) is 5.13. The highest BCUT2D eigenvalue weighted by molar-refractivity contribution is 5.81. The van der Waals surface area contributed by atoms with Crippen LogP contribution < -0.4 is 10.6 Å². The highest BCUT2D eigenvalue weighted by Crippen LogP contribution is 2.07. The first-order valence-electron chi connectivity index (χ1n) is 7.14. The average molecular weight is 255 g/mol. The number of likely N-dealkylation sites (N-methyl/N-ethyl adjacent to an activating group) is 1. The smallest absolute Gasteiger partial charge is 0.237 e. The summed E-state index contributed by atoms with van der Waals surface area (Å²) < 4.78 is 5.67. The van der Waals surface area contributed by atoms with Gasteiger partial charge in [0.15, 0.2) is 0 Å². The first kappa shape index (κ1) is 13.8. The second kappa shape index (κ2) is 7.07. The Hall–Kier alpha value is -0.650. The molecule has 1 amide bonds. The largest absolute Gasteiger partial charge is 0.374 e. The zero-order chi connectivity index (χ0) is 12.8. The summed E-state index contributed by atoms with van der Waals surface area (Å²) in [4.78, 5) is 14.3. The molecule has 2 aliphatic rings. The normalized spacial score (nSPS) is 30.1. The van der Waals surface area contributed by atoms with Crippen molar-refractivity contribution in [2.75, 3.05) is 39.3 Å². The lowest BCUT2D eigenvalue weighted by atomic mass is 10.0. The average Bonchev–Trinajstić information content (AvgIpc) is 2.46. The molecule has 2 N–H and O–H groups in total. The number of carbonyl (C=O) groups is 1. The van der Waals surface area contributed by atoms with Gasteiger partial charge in [-0.2, -0.15) is 0 Å². The Morgan fingerprint density at radius 3 is 3.11 bits per heavy atom. The van der Waals surface area contributed by atoms with Crippen molar-refractivity contribution in [2.45, 2.75) is 38.3 Å². The maximum absolute atomic E-state index is 11.9. The minimum Gasteiger partial charge on any atom is -0.374 e. The van der Waals surface area contributed by atoms with E-state index in [1.165, 1.54) is 6.42 Å². The molecule has 2 atom stereocenters. The minimum atomic E-state index is 0.00428. The lowest BCUT2D eigenvalue weighted by Crippen LogP contribution is -2.51. The van der Waals surface area contributed by atoms with E-state index in [2.05, 4.69) is 22.5 Å². The first-order chi connectivity index (χ1) is 8.79. The molecule has 5 heteroatoms. The van der Waals surface area contributed by atoms with E-state index in [1.54, 1.807) is 0 Å². The van der Waals surface area contributed by atoms with Crippen LogP contribution in [0.15, 0.2) is 0 Å². The zero-order valence-corrected chi connectivity index (χ0v) is 11.3. The van der Waals surface area contributed by atoms with Gasteiger partial charge in [-0.15, -0.1) is 0 Å². The molecule has 0 spiro atoms. The Morgan fingerprint density at radius 2 is 2.39 bits per heavy atom. The van der Waals surface area contributed by atoms with E-state index >= 15 is 0 Å². The van der Waals surface area contributed by atoms with Gasteiger partial charge in [-0.1, -0.05) is 13.3 Å². The van der Waals surface area contributed by atoms with E-state index in [4.69, 9.17) is 4.74 Å². The Labute approximate surface area is 109 Å². The Kier molecular flexibility index (Phi) is 5.41. The van der Waals surface area contributed by atoms with Gasteiger partial charge in [-0.3, -0.25) is 9.69 Å². The summed E-state index contributed by atoms with van der Waals surface area (Å²) in [6.45, 7) is 7.51. The maximum Gasteiger partial charge on any atom is 0.237 e. The van der Waals surface area contributed by atoms with Crippen LogP contribution in [0.2, 0.25) is 0 Å². The molecule has 0 aromatic carbocycles. The molecule has 0 aromatic rings. The predicted octanol–water partition coefficient (Wildman–Crippen LogP) is -0.0346. The van der Waals surface area contributed by atoms with Crippen molar-refractivity contribution in [2.24, 2.45) is 0 Å². The summed E-state index contributed by atoms with van der Waals surface area (Å²) in [5, 5.41) is 6.28. The summed E-state index contributed by atoms with van der Waals surface area (Å²) in [7, 11) is 0. The third-order valence-electron chi connectivity index (χ3n) is 3.80. The highest BCUT2D eigenvalue weighted by atomic mass is 16.5. The fraction of sp³-hybridized carbons (Fsp3) is 0.923. The van der Waals surface area contributed by atoms with Crippen LogP contribution in [-0.2, 0) is 9.53 Å². The van der Waals surface area contributed by atoms with Gasteiger partial charge in [-0.25, -0.2) is 0 Å².